The third-order valence-corrected chi connectivity index (χ3v) is 4.72. The lowest BCUT2D eigenvalue weighted by atomic mass is 10.0. The van der Waals surface area contributed by atoms with Crippen molar-refractivity contribution in [2.75, 3.05) is 26.4 Å². The Morgan fingerprint density at radius 2 is 2.00 bits per heavy atom. The van der Waals surface area contributed by atoms with Gasteiger partial charge in [-0.25, -0.2) is 4.79 Å². The number of alkyl halides is 3. The van der Waals surface area contributed by atoms with Gasteiger partial charge in [-0.2, -0.15) is 13.2 Å². The highest BCUT2D eigenvalue weighted by atomic mass is 19.4. The van der Waals surface area contributed by atoms with Crippen LogP contribution in [-0.4, -0.2) is 71.6 Å². The molecule has 7 nitrogen and oxygen atoms in total. The number of rotatable bonds is 5. The maximum atomic E-state index is 12.7. The average Bonchev–Trinajstić information content (AvgIpc) is 3.11. The summed E-state index contributed by atoms with van der Waals surface area (Å²) in [6.45, 7) is 6.14. The highest BCUT2D eigenvalue weighted by molar-refractivity contribution is 5.94. The normalized spacial score (nSPS) is 23.6. The van der Waals surface area contributed by atoms with Crippen LogP contribution >= 0.6 is 0 Å². The number of hydrogen-bond acceptors (Lipinski definition) is 5. The van der Waals surface area contributed by atoms with Crippen LogP contribution in [0.15, 0.2) is 37.2 Å². The van der Waals surface area contributed by atoms with Crippen LogP contribution in [0.4, 0.5) is 13.2 Å². The van der Waals surface area contributed by atoms with Crippen molar-refractivity contribution in [2.24, 2.45) is 5.92 Å². The van der Waals surface area contributed by atoms with Crippen molar-refractivity contribution in [2.45, 2.75) is 31.2 Å². The highest BCUT2D eigenvalue weighted by Gasteiger charge is 2.44. The van der Waals surface area contributed by atoms with Crippen molar-refractivity contribution in [3.05, 3.63) is 42.7 Å². The molecule has 0 radical (unpaired) electrons. The number of aliphatic carboxylic acids is 1. The number of hydrogen-bond donors (Lipinski definition) is 1. The van der Waals surface area contributed by atoms with E-state index in [0.29, 0.717) is 37.8 Å². The molecule has 160 valence electrons. The standard InChI is InChI=1S/C17H22N2O3.C2HF3O2/c1-2-10-21-12-14-3-4-15-16(14)22-11-9-19(15)17(20)13-5-7-18-8-6-13;3-2(4,5)1(6)7/h2,5-8,14-16H,1,3-4,9-12H2;(H,6,7)/t14?,15-,16-;/m0./s1. The second-order valence-electron chi connectivity index (χ2n) is 6.60. The Hall–Kier alpha value is -2.46. The van der Waals surface area contributed by atoms with Crippen molar-refractivity contribution in [1.82, 2.24) is 9.88 Å². The van der Waals surface area contributed by atoms with Crippen molar-refractivity contribution in [1.29, 1.82) is 0 Å². The predicted molar refractivity (Wildman–Crippen MR) is 96.2 cm³/mol. The summed E-state index contributed by atoms with van der Waals surface area (Å²) in [5.41, 5.74) is 0.696. The molecule has 2 heterocycles. The third kappa shape index (κ3) is 6.26. The van der Waals surface area contributed by atoms with Gasteiger partial charge in [0.2, 0.25) is 0 Å². The fourth-order valence-corrected chi connectivity index (χ4v) is 3.45. The van der Waals surface area contributed by atoms with Crippen molar-refractivity contribution in [3.63, 3.8) is 0 Å². The number of morpholine rings is 1. The Labute approximate surface area is 166 Å². The summed E-state index contributed by atoms with van der Waals surface area (Å²) in [4.78, 5) is 27.5. The minimum atomic E-state index is -5.08. The molecule has 3 rings (SSSR count). The molecule has 0 aromatic carbocycles. The Bertz CT molecular complexity index is 699. The van der Waals surface area contributed by atoms with Gasteiger partial charge in [-0.05, 0) is 25.0 Å². The fourth-order valence-electron chi connectivity index (χ4n) is 3.45. The predicted octanol–water partition coefficient (Wildman–Crippen LogP) is 2.54. The largest absolute Gasteiger partial charge is 0.490 e. The number of carboxylic acid groups (broad SMARTS) is 1. The van der Waals surface area contributed by atoms with E-state index in [4.69, 9.17) is 19.4 Å². The molecule has 29 heavy (non-hydrogen) atoms. The first-order chi connectivity index (χ1) is 13.8. The number of ether oxygens (including phenoxy) is 2. The van der Waals surface area contributed by atoms with E-state index in [9.17, 15) is 18.0 Å². The molecule has 3 atom stereocenters. The van der Waals surface area contributed by atoms with E-state index in [2.05, 4.69) is 11.6 Å². The van der Waals surface area contributed by atoms with Crippen LogP contribution in [0.3, 0.4) is 0 Å². The van der Waals surface area contributed by atoms with E-state index in [1.165, 1.54) is 0 Å². The number of carboxylic acids is 1. The Morgan fingerprint density at radius 1 is 1.34 bits per heavy atom. The first kappa shape index (κ1) is 22.8. The molecule has 1 aliphatic carbocycles. The van der Waals surface area contributed by atoms with Crippen molar-refractivity contribution < 1.29 is 37.3 Å². The van der Waals surface area contributed by atoms with Gasteiger partial charge in [-0.3, -0.25) is 9.78 Å². The molecule has 1 aromatic rings. The molecule has 1 N–H and O–H groups in total. The monoisotopic (exact) mass is 416 g/mol. The number of aromatic nitrogens is 1. The van der Waals surface area contributed by atoms with Gasteiger partial charge in [-0.15, -0.1) is 6.58 Å². The van der Waals surface area contributed by atoms with E-state index >= 15 is 0 Å². The lowest BCUT2D eigenvalue weighted by Crippen LogP contribution is -2.53. The molecule has 10 heteroatoms. The molecular formula is C19H23F3N2O5. The lowest BCUT2D eigenvalue weighted by Gasteiger charge is -2.39. The van der Waals surface area contributed by atoms with E-state index < -0.39 is 12.1 Å². The first-order valence-corrected chi connectivity index (χ1v) is 9.07. The molecule has 2 aliphatic rings. The number of halogens is 3. The zero-order valence-corrected chi connectivity index (χ0v) is 15.7. The molecule has 1 aliphatic heterocycles. The van der Waals surface area contributed by atoms with Crippen LogP contribution in [-0.2, 0) is 14.3 Å². The van der Waals surface area contributed by atoms with E-state index in [1.54, 1.807) is 30.6 Å². The fraction of sp³-hybridized carbons (Fsp3) is 0.526. The first-order valence-electron chi connectivity index (χ1n) is 9.07. The number of carbonyl (C=O) groups excluding carboxylic acids is 1. The second kappa shape index (κ2) is 10.4. The van der Waals surface area contributed by atoms with Crippen LogP contribution < -0.4 is 0 Å². The Morgan fingerprint density at radius 3 is 2.59 bits per heavy atom. The zero-order valence-electron chi connectivity index (χ0n) is 15.7. The van der Waals surface area contributed by atoms with Gasteiger partial charge in [0.25, 0.3) is 5.91 Å². The molecule has 1 amide bonds. The summed E-state index contributed by atoms with van der Waals surface area (Å²) in [6.07, 6.45) is 2.09. The Kier molecular flexibility index (Phi) is 8.15. The molecular weight excluding hydrogens is 393 g/mol. The summed E-state index contributed by atoms with van der Waals surface area (Å²) < 4.78 is 43.3. The molecule has 1 aromatic heterocycles. The van der Waals surface area contributed by atoms with E-state index in [1.807, 2.05) is 4.90 Å². The van der Waals surface area contributed by atoms with E-state index in [0.717, 1.165) is 12.8 Å². The molecule has 1 saturated heterocycles. The summed E-state index contributed by atoms with van der Waals surface area (Å²) >= 11 is 0. The van der Waals surface area contributed by atoms with Gasteiger partial charge < -0.3 is 19.5 Å². The summed E-state index contributed by atoms with van der Waals surface area (Å²) in [7, 11) is 0. The van der Waals surface area contributed by atoms with Crippen LogP contribution in [0.25, 0.3) is 0 Å². The minimum absolute atomic E-state index is 0.0772. The molecule has 1 saturated carbocycles. The van der Waals surface area contributed by atoms with Gasteiger partial charge in [0.05, 0.1) is 32.0 Å². The summed E-state index contributed by atoms with van der Waals surface area (Å²) in [6, 6.07) is 3.70. The third-order valence-electron chi connectivity index (χ3n) is 4.72. The van der Waals surface area contributed by atoms with Gasteiger partial charge in [-0.1, -0.05) is 6.08 Å². The van der Waals surface area contributed by atoms with Crippen LogP contribution in [0.5, 0.6) is 0 Å². The minimum Gasteiger partial charge on any atom is -0.475 e. The van der Waals surface area contributed by atoms with Crippen LogP contribution in [0, 0.1) is 5.92 Å². The van der Waals surface area contributed by atoms with Crippen molar-refractivity contribution >= 4 is 11.9 Å². The zero-order chi connectivity index (χ0) is 21.4. The number of pyridine rings is 1. The highest BCUT2D eigenvalue weighted by Crippen LogP contribution is 2.35. The van der Waals surface area contributed by atoms with Gasteiger partial charge in [0, 0.05) is 30.4 Å². The number of amides is 1. The maximum absolute atomic E-state index is 12.7. The van der Waals surface area contributed by atoms with Crippen LogP contribution in [0.1, 0.15) is 23.2 Å². The van der Waals surface area contributed by atoms with Gasteiger partial charge in [0.1, 0.15) is 0 Å². The average molecular weight is 416 g/mol. The van der Waals surface area contributed by atoms with Gasteiger partial charge in [0.15, 0.2) is 0 Å². The molecule has 0 spiro atoms. The van der Waals surface area contributed by atoms with E-state index in [-0.39, 0.29) is 18.1 Å². The molecule has 0 bridgehead atoms. The smallest absolute Gasteiger partial charge is 0.475 e. The Balaban J connectivity index is 0.000000370. The molecule has 2 fully saturated rings. The lowest BCUT2D eigenvalue weighted by molar-refractivity contribution is -0.192. The number of carbonyl (C=O) groups is 2. The number of nitrogens with zero attached hydrogens (tertiary/aromatic N) is 2. The maximum Gasteiger partial charge on any atom is 0.490 e. The summed E-state index contributed by atoms with van der Waals surface area (Å²) in [5.74, 6) is -2.32. The van der Waals surface area contributed by atoms with Gasteiger partial charge >= 0.3 is 12.1 Å². The number of fused-ring (bicyclic) bond motifs is 1. The van der Waals surface area contributed by atoms with Crippen LogP contribution in [0.2, 0.25) is 0 Å². The molecule has 1 unspecified atom stereocenters. The van der Waals surface area contributed by atoms with Crippen molar-refractivity contribution in [3.8, 4) is 0 Å². The SMILES string of the molecule is C=CCOCC1CC[C@H]2[C@H]1OCCN2C(=O)c1ccncc1.O=C(O)C(F)(F)F. The topological polar surface area (TPSA) is 89.0 Å². The summed E-state index contributed by atoms with van der Waals surface area (Å²) in [5, 5.41) is 7.12. The second-order valence-corrected chi connectivity index (χ2v) is 6.60. The quantitative estimate of drug-likeness (QED) is 0.586.